The summed E-state index contributed by atoms with van der Waals surface area (Å²) in [5.74, 6) is 0.689. The van der Waals surface area contributed by atoms with Crippen molar-refractivity contribution in [3.8, 4) is 0 Å². The molecule has 0 aromatic carbocycles. The van der Waals surface area contributed by atoms with Gasteiger partial charge in [0, 0.05) is 12.6 Å². The van der Waals surface area contributed by atoms with Crippen molar-refractivity contribution in [3.05, 3.63) is 5.56 Å². The van der Waals surface area contributed by atoms with Gasteiger partial charge in [-0.25, -0.2) is 4.79 Å². The molecule has 2 aliphatic rings. The fourth-order valence-corrected chi connectivity index (χ4v) is 4.33. The van der Waals surface area contributed by atoms with Crippen molar-refractivity contribution in [3.63, 3.8) is 0 Å². The Kier molecular flexibility index (Phi) is 3.35. The van der Waals surface area contributed by atoms with Crippen molar-refractivity contribution in [1.82, 2.24) is 4.37 Å². The number of nitrogens with two attached hydrogens (primary N) is 1. The summed E-state index contributed by atoms with van der Waals surface area (Å²) in [4.78, 5) is 14.2. The number of carbonyl (C=O) groups excluding carboxylic acids is 1. The summed E-state index contributed by atoms with van der Waals surface area (Å²) in [6, 6.07) is 0.553. The molecule has 0 spiro atoms. The van der Waals surface area contributed by atoms with E-state index in [2.05, 4.69) is 9.27 Å². The summed E-state index contributed by atoms with van der Waals surface area (Å²) in [5.41, 5.74) is 6.28. The normalized spacial score (nSPS) is 26.3. The number of carbonyl (C=O) groups is 1. The van der Waals surface area contributed by atoms with Gasteiger partial charge in [0.1, 0.15) is 10.6 Å². The maximum atomic E-state index is 11.9. The molecule has 3 rings (SSSR count). The number of fused-ring (bicyclic) bond motifs is 1. The van der Waals surface area contributed by atoms with Crippen molar-refractivity contribution >= 4 is 28.3 Å². The van der Waals surface area contributed by atoms with Gasteiger partial charge in [-0.05, 0) is 36.7 Å². The number of methoxy groups -OCH3 is 1. The molecule has 1 aromatic heterocycles. The standard InChI is InChI=1S/C13H19N3O2S/c1-18-13(17)10-11(14)15-19-12(10)16-7-6-8-4-2-3-5-9(8)16/h8-9H,2-7H2,1H3,(H2,14,15). The molecule has 2 atom stereocenters. The number of hydrogen-bond donors (Lipinski definition) is 1. The van der Waals surface area contributed by atoms with E-state index in [9.17, 15) is 4.79 Å². The molecule has 1 saturated heterocycles. The van der Waals surface area contributed by atoms with E-state index in [1.165, 1.54) is 50.7 Å². The van der Waals surface area contributed by atoms with Crippen molar-refractivity contribution in [2.75, 3.05) is 24.3 Å². The molecule has 104 valence electrons. The third-order valence-electron chi connectivity index (χ3n) is 4.36. The maximum absolute atomic E-state index is 11.9. The van der Waals surface area contributed by atoms with Gasteiger partial charge >= 0.3 is 5.97 Å². The van der Waals surface area contributed by atoms with Crippen molar-refractivity contribution < 1.29 is 9.53 Å². The molecule has 2 heterocycles. The van der Waals surface area contributed by atoms with E-state index in [-0.39, 0.29) is 5.97 Å². The van der Waals surface area contributed by atoms with Crippen molar-refractivity contribution in [1.29, 1.82) is 0 Å². The molecule has 0 radical (unpaired) electrons. The monoisotopic (exact) mass is 281 g/mol. The second kappa shape index (κ2) is 5.00. The summed E-state index contributed by atoms with van der Waals surface area (Å²) < 4.78 is 8.98. The molecule has 19 heavy (non-hydrogen) atoms. The van der Waals surface area contributed by atoms with Crippen LogP contribution in [-0.4, -0.2) is 30.0 Å². The minimum Gasteiger partial charge on any atom is -0.465 e. The average molecular weight is 281 g/mol. The number of ether oxygens (including phenoxy) is 1. The quantitative estimate of drug-likeness (QED) is 0.842. The molecular weight excluding hydrogens is 262 g/mol. The Morgan fingerprint density at radius 3 is 3.00 bits per heavy atom. The predicted octanol–water partition coefficient (Wildman–Crippen LogP) is 2.28. The molecule has 1 aromatic rings. The summed E-state index contributed by atoms with van der Waals surface area (Å²) in [5, 5.41) is 0.902. The molecule has 6 heteroatoms. The minimum absolute atomic E-state index is 0.297. The summed E-state index contributed by atoms with van der Waals surface area (Å²) in [6.45, 7) is 1.00. The number of aromatic nitrogens is 1. The largest absolute Gasteiger partial charge is 0.465 e. The van der Waals surface area contributed by atoms with Crippen molar-refractivity contribution in [2.24, 2.45) is 5.92 Å². The van der Waals surface area contributed by atoms with E-state index < -0.39 is 0 Å². The first-order valence-electron chi connectivity index (χ1n) is 6.82. The van der Waals surface area contributed by atoms with Crippen LogP contribution in [0.4, 0.5) is 10.8 Å². The van der Waals surface area contributed by atoms with Gasteiger partial charge in [-0.2, -0.15) is 4.37 Å². The predicted molar refractivity (Wildman–Crippen MR) is 75.6 cm³/mol. The third-order valence-corrected chi connectivity index (χ3v) is 5.26. The molecule has 5 nitrogen and oxygen atoms in total. The molecule has 0 amide bonds. The Morgan fingerprint density at radius 2 is 2.21 bits per heavy atom. The molecule has 1 aliphatic carbocycles. The van der Waals surface area contributed by atoms with Crippen LogP contribution in [0.2, 0.25) is 0 Å². The highest BCUT2D eigenvalue weighted by Crippen LogP contribution is 2.42. The summed E-state index contributed by atoms with van der Waals surface area (Å²) >= 11 is 1.32. The lowest BCUT2D eigenvalue weighted by molar-refractivity contribution is 0.0603. The zero-order valence-corrected chi connectivity index (χ0v) is 11.9. The van der Waals surface area contributed by atoms with Crippen LogP contribution in [-0.2, 0) is 4.74 Å². The second-order valence-corrected chi connectivity index (χ2v) is 6.09. The van der Waals surface area contributed by atoms with E-state index in [1.54, 1.807) is 0 Å². The number of rotatable bonds is 2. The molecule has 2 fully saturated rings. The smallest absolute Gasteiger partial charge is 0.344 e. The van der Waals surface area contributed by atoms with Gasteiger partial charge in [0.25, 0.3) is 0 Å². The van der Waals surface area contributed by atoms with Gasteiger partial charge in [0.05, 0.1) is 7.11 Å². The third kappa shape index (κ3) is 2.08. The molecule has 0 bridgehead atoms. The van der Waals surface area contributed by atoms with Gasteiger partial charge in [-0.15, -0.1) is 0 Å². The molecule has 1 aliphatic heterocycles. The summed E-state index contributed by atoms with van der Waals surface area (Å²) in [7, 11) is 1.39. The van der Waals surface area contributed by atoms with Crippen LogP contribution in [0.15, 0.2) is 0 Å². The Morgan fingerprint density at radius 1 is 1.42 bits per heavy atom. The lowest BCUT2D eigenvalue weighted by atomic mass is 9.85. The van der Waals surface area contributed by atoms with Crippen LogP contribution >= 0.6 is 11.5 Å². The van der Waals surface area contributed by atoms with Gasteiger partial charge in [0.15, 0.2) is 5.82 Å². The van der Waals surface area contributed by atoms with Crippen LogP contribution in [0.5, 0.6) is 0 Å². The minimum atomic E-state index is -0.375. The summed E-state index contributed by atoms with van der Waals surface area (Å²) in [6.07, 6.45) is 6.35. The Labute approximate surface area is 116 Å². The number of esters is 1. The van der Waals surface area contributed by atoms with Gasteiger partial charge in [-0.3, -0.25) is 0 Å². The van der Waals surface area contributed by atoms with E-state index in [4.69, 9.17) is 10.5 Å². The number of nitrogens with zero attached hydrogens (tertiary/aromatic N) is 2. The number of anilines is 2. The maximum Gasteiger partial charge on any atom is 0.344 e. The lowest BCUT2D eigenvalue weighted by Gasteiger charge is -2.32. The van der Waals surface area contributed by atoms with E-state index in [0.717, 1.165) is 17.5 Å². The number of nitrogen functional groups attached to an aromatic ring is 1. The van der Waals surface area contributed by atoms with Crippen LogP contribution in [0, 0.1) is 5.92 Å². The fraction of sp³-hybridized carbons (Fsp3) is 0.692. The highest BCUT2D eigenvalue weighted by atomic mass is 32.1. The SMILES string of the molecule is COC(=O)c1c(N)nsc1N1CCC2CCCCC21. The van der Waals surface area contributed by atoms with Crippen LogP contribution in [0.3, 0.4) is 0 Å². The zero-order chi connectivity index (χ0) is 13.4. The van der Waals surface area contributed by atoms with Gasteiger partial charge in [0.2, 0.25) is 0 Å². The zero-order valence-electron chi connectivity index (χ0n) is 11.1. The van der Waals surface area contributed by atoms with E-state index in [0.29, 0.717) is 17.4 Å². The Bertz CT molecular complexity index is 488. The Hall–Kier alpha value is -1.30. The topological polar surface area (TPSA) is 68.5 Å². The average Bonchev–Trinajstić information content (AvgIpc) is 3.01. The second-order valence-electron chi connectivity index (χ2n) is 5.33. The first kappa shape index (κ1) is 12.7. The molecule has 2 unspecified atom stereocenters. The molecule has 1 saturated carbocycles. The highest BCUT2D eigenvalue weighted by molar-refractivity contribution is 7.11. The molecule has 2 N–H and O–H groups in total. The first-order chi connectivity index (χ1) is 9.22. The van der Waals surface area contributed by atoms with Crippen LogP contribution in [0.25, 0.3) is 0 Å². The van der Waals surface area contributed by atoms with Gasteiger partial charge < -0.3 is 15.4 Å². The Balaban J connectivity index is 1.92. The number of hydrogen-bond acceptors (Lipinski definition) is 6. The lowest BCUT2D eigenvalue weighted by Crippen LogP contribution is -2.35. The fourth-order valence-electron chi connectivity index (χ4n) is 3.44. The molecular formula is C13H19N3O2S. The van der Waals surface area contributed by atoms with Crippen LogP contribution in [0.1, 0.15) is 42.5 Å². The highest BCUT2D eigenvalue weighted by Gasteiger charge is 2.38. The van der Waals surface area contributed by atoms with Gasteiger partial charge in [-0.1, -0.05) is 12.8 Å². The van der Waals surface area contributed by atoms with E-state index >= 15 is 0 Å². The van der Waals surface area contributed by atoms with Crippen molar-refractivity contribution in [2.45, 2.75) is 38.1 Å². The van der Waals surface area contributed by atoms with Crippen LogP contribution < -0.4 is 10.6 Å². The first-order valence-corrected chi connectivity index (χ1v) is 7.59. The van der Waals surface area contributed by atoms with E-state index in [1.807, 2.05) is 0 Å².